The van der Waals surface area contributed by atoms with Gasteiger partial charge in [-0.25, -0.2) is 0 Å². The van der Waals surface area contributed by atoms with Gasteiger partial charge in [-0.2, -0.15) is 0 Å². The second-order valence-electron chi connectivity index (χ2n) is 5.99. The van der Waals surface area contributed by atoms with Crippen molar-refractivity contribution in [3.05, 3.63) is 0 Å². The fourth-order valence-corrected chi connectivity index (χ4v) is 3.29. The van der Waals surface area contributed by atoms with Gasteiger partial charge in [-0.15, -0.1) is 0 Å². The average Bonchev–Trinajstić information content (AvgIpc) is 2.28. The lowest BCUT2D eigenvalue weighted by Crippen LogP contribution is -3.16. The zero-order valence-electron chi connectivity index (χ0n) is 11.7. The maximum Gasteiger partial charge on any atom is 0.275 e. The van der Waals surface area contributed by atoms with E-state index in [1.807, 2.05) is 0 Å². The molecule has 0 bridgehead atoms. The Balaban J connectivity index is 1.72. The first-order valence-corrected chi connectivity index (χ1v) is 7.42. The molecule has 1 aliphatic heterocycles. The van der Waals surface area contributed by atoms with E-state index in [1.165, 1.54) is 24.2 Å². The third-order valence-corrected chi connectivity index (χ3v) is 4.00. The minimum Gasteiger partial charge on any atom is -0.364 e. The lowest BCUT2D eigenvalue weighted by Gasteiger charge is -2.32. The van der Waals surface area contributed by atoms with Crippen molar-refractivity contribution in [3.63, 3.8) is 0 Å². The topological polar surface area (TPSA) is 42.8 Å². The summed E-state index contributed by atoms with van der Waals surface area (Å²) in [6, 6.07) is 0.432. The number of carbonyl (C=O) groups excluding carboxylic acids is 1. The molecule has 2 aliphatic rings. The number of morpholine rings is 1. The Kier molecular flexibility index (Phi) is 5.01. The van der Waals surface area contributed by atoms with Gasteiger partial charge in [0.2, 0.25) is 0 Å². The summed E-state index contributed by atoms with van der Waals surface area (Å²) in [5.74, 6) is 0.221. The summed E-state index contributed by atoms with van der Waals surface area (Å²) in [6.45, 7) is 6.68. The number of quaternary nitrogens is 1. The van der Waals surface area contributed by atoms with Crippen molar-refractivity contribution in [2.45, 2.75) is 64.2 Å². The summed E-state index contributed by atoms with van der Waals surface area (Å²) in [7, 11) is 0. The molecule has 104 valence electrons. The van der Waals surface area contributed by atoms with Crippen LogP contribution in [0.5, 0.6) is 0 Å². The molecular formula is C14H27N2O2+. The average molecular weight is 255 g/mol. The molecule has 0 aromatic carbocycles. The van der Waals surface area contributed by atoms with Gasteiger partial charge in [-0.1, -0.05) is 19.3 Å². The molecule has 2 fully saturated rings. The van der Waals surface area contributed by atoms with E-state index < -0.39 is 0 Å². The molecule has 2 N–H and O–H groups in total. The van der Waals surface area contributed by atoms with E-state index in [2.05, 4.69) is 19.2 Å². The number of carbonyl (C=O) groups is 1. The van der Waals surface area contributed by atoms with Gasteiger partial charge < -0.3 is 15.0 Å². The smallest absolute Gasteiger partial charge is 0.275 e. The Morgan fingerprint density at radius 2 is 1.78 bits per heavy atom. The highest BCUT2D eigenvalue weighted by Gasteiger charge is 2.27. The molecule has 1 amide bonds. The van der Waals surface area contributed by atoms with Crippen LogP contribution in [0.1, 0.15) is 46.0 Å². The van der Waals surface area contributed by atoms with Crippen molar-refractivity contribution in [2.75, 3.05) is 19.6 Å². The van der Waals surface area contributed by atoms with Gasteiger partial charge in [0.1, 0.15) is 25.3 Å². The first-order chi connectivity index (χ1) is 8.63. The molecule has 1 saturated carbocycles. The van der Waals surface area contributed by atoms with E-state index in [0.717, 1.165) is 25.9 Å². The maximum absolute atomic E-state index is 12.0. The molecule has 1 saturated heterocycles. The highest BCUT2D eigenvalue weighted by Crippen LogP contribution is 2.16. The van der Waals surface area contributed by atoms with Gasteiger partial charge in [-0.05, 0) is 26.7 Å². The second-order valence-corrected chi connectivity index (χ2v) is 5.99. The Bertz CT molecular complexity index is 267. The van der Waals surface area contributed by atoms with Gasteiger partial charge >= 0.3 is 0 Å². The van der Waals surface area contributed by atoms with E-state index in [0.29, 0.717) is 12.6 Å². The minimum atomic E-state index is 0.221. The van der Waals surface area contributed by atoms with Crippen LogP contribution < -0.4 is 10.2 Å². The fraction of sp³-hybridized carbons (Fsp3) is 0.929. The molecule has 0 spiro atoms. The summed E-state index contributed by atoms with van der Waals surface area (Å²) in [4.78, 5) is 13.4. The summed E-state index contributed by atoms with van der Waals surface area (Å²) in [6.07, 6.45) is 6.73. The van der Waals surface area contributed by atoms with Crippen LogP contribution in [-0.2, 0) is 9.53 Å². The number of hydrogen-bond donors (Lipinski definition) is 2. The lowest BCUT2D eigenvalue weighted by atomic mass is 9.95. The number of amides is 1. The van der Waals surface area contributed by atoms with Crippen molar-refractivity contribution in [2.24, 2.45) is 0 Å². The Hall–Kier alpha value is -0.610. The molecular weight excluding hydrogens is 228 g/mol. The molecule has 2 rings (SSSR count). The van der Waals surface area contributed by atoms with Gasteiger partial charge in [-0.3, -0.25) is 4.79 Å². The van der Waals surface area contributed by atoms with Gasteiger partial charge in [0, 0.05) is 6.04 Å². The Morgan fingerprint density at radius 3 is 2.39 bits per heavy atom. The SMILES string of the molecule is C[C@H]1C[NH+](CC(=O)NC2CCCCC2)C[C@H](C)O1. The first-order valence-electron chi connectivity index (χ1n) is 7.42. The quantitative estimate of drug-likeness (QED) is 0.753. The molecule has 4 heteroatoms. The van der Waals surface area contributed by atoms with Crippen molar-refractivity contribution in [3.8, 4) is 0 Å². The normalized spacial score (nSPS) is 34.2. The number of rotatable bonds is 3. The zero-order valence-corrected chi connectivity index (χ0v) is 11.7. The third-order valence-electron chi connectivity index (χ3n) is 4.00. The number of ether oxygens (including phenoxy) is 1. The van der Waals surface area contributed by atoms with Crippen LogP contribution in [0.15, 0.2) is 0 Å². The summed E-state index contributed by atoms with van der Waals surface area (Å²) < 4.78 is 5.70. The third kappa shape index (κ3) is 4.25. The molecule has 0 radical (unpaired) electrons. The van der Waals surface area contributed by atoms with Crippen LogP contribution in [0.3, 0.4) is 0 Å². The van der Waals surface area contributed by atoms with Crippen molar-refractivity contribution in [1.82, 2.24) is 5.32 Å². The summed E-state index contributed by atoms with van der Waals surface area (Å²) in [5.41, 5.74) is 0. The predicted octanol–water partition coefficient (Wildman–Crippen LogP) is 0.127. The van der Waals surface area contributed by atoms with Crippen LogP contribution in [0.4, 0.5) is 0 Å². The molecule has 0 unspecified atom stereocenters. The zero-order chi connectivity index (χ0) is 13.0. The van der Waals surface area contributed by atoms with E-state index in [9.17, 15) is 4.79 Å². The Morgan fingerprint density at radius 1 is 1.17 bits per heavy atom. The molecule has 4 nitrogen and oxygen atoms in total. The second kappa shape index (κ2) is 6.53. The molecule has 0 aromatic rings. The monoisotopic (exact) mass is 255 g/mol. The highest BCUT2D eigenvalue weighted by atomic mass is 16.5. The van der Waals surface area contributed by atoms with Crippen LogP contribution in [-0.4, -0.2) is 43.8 Å². The number of hydrogen-bond acceptors (Lipinski definition) is 2. The van der Waals surface area contributed by atoms with Gasteiger partial charge in [0.25, 0.3) is 5.91 Å². The van der Waals surface area contributed by atoms with Crippen molar-refractivity contribution in [1.29, 1.82) is 0 Å². The van der Waals surface area contributed by atoms with Crippen LogP contribution in [0, 0.1) is 0 Å². The Labute approximate surface area is 110 Å². The lowest BCUT2D eigenvalue weighted by molar-refractivity contribution is -0.907. The van der Waals surface area contributed by atoms with E-state index in [4.69, 9.17) is 4.74 Å². The highest BCUT2D eigenvalue weighted by molar-refractivity contribution is 5.77. The van der Waals surface area contributed by atoms with Crippen LogP contribution in [0.25, 0.3) is 0 Å². The molecule has 0 aromatic heterocycles. The summed E-state index contributed by atoms with van der Waals surface area (Å²) in [5, 5.41) is 3.20. The predicted molar refractivity (Wildman–Crippen MR) is 70.6 cm³/mol. The van der Waals surface area contributed by atoms with Gasteiger partial charge in [0.15, 0.2) is 6.54 Å². The number of nitrogens with one attached hydrogen (secondary N) is 2. The van der Waals surface area contributed by atoms with Gasteiger partial charge in [0.05, 0.1) is 0 Å². The maximum atomic E-state index is 12.0. The molecule has 1 heterocycles. The van der Waals surface area contributed by atoms with Crippen molar-refractivity contribution < 1.29 is 14.4 Å². The minimum absolute atomic E-state index is 0.221. The summed E-state index contributed by atoms with van der Waals surface area (Å²) >= 11 is 0. The van der Waals surface area contributed by atoms with E-state index >= 15 is 0 Å². The first kappa shape index (κ1) is 13.8. The fourth-order valence-electron chi connectivity index (χ4n) is 3.29. The van der Waals surface area contributed by atoms with E-state index in [1.54, 1.807) is 0 Å². The molecule has 18 heavy (non-hydrogen) atoms. The molecule has 2 atom stereocenters. The molecule has 1 aliphatic carbocycles. The van der Waals surface area contributed by atoms with E-state index in [-0.39, 0.29) is 18.1 Å². The van der Waals surface area contributed by atoms with Crippen LogP contribution >= 0.6 is 0 Å². The standard InChI is InChI=1S/C14H26N2O2/c1-11-8-16(9-12(2)18-11)10-14(17)15-13-6-4-3-5-7-13/h11-13H,3-10H2,1-2H3,(H,15,17)/p+1/t11-,12-/m0/s1. The van der Waals surface area contributed by atoms with Crippen molar-refractivity contribution >= 4 is 5.91 Å². The van der Waals surface area contributed by atoms with Crippen LogP contribution in [0.2, 0.25) is 0 Å². The largest absolute Gasteiger partial charge is 0.364 e.